The van der Waals surface area contributed by atoms with Gasteiger partial charge in [-0.05, 0) is 107 Å². The summed E-state index contributed by atoms with van der Waals surface area (Å²) < 4.78 is 52.3. The molecule has 0 aromatic carbocycles. The predicted molar refractivity (Wildman–Crippen MR) is 628 cm³/mol. The van der Waals surface area contributed by atoms with E-state index in [9.17, 15) is 29.7 Å². The maximum absolute atomic E-state index is 15.1. The number of aliphatic hydroxyl groups excluding tert-OH is 3. The smallest absolute Gasteiger partial charge is 0.333 e. The van der Waals surface area contributed by atoms with Gasteiger partial charge in [0.25, 0.3) is 0 Å². The molecule has 2 fully saturated rings. The van der Waals surface area contributed by atoms with Gasteiger partial charge in [0.1, 0.15) is 31.0 Å². The first-order valence-electron chi connectivity index (χ1n) is 64.9. The third-order valence-electron chi connectivity index (χ3n) is 32.5. The Labute approximate surface area is 920 Å². The zero-order valence-corrected chi connectivity index (χ0v) is 101. The van der Waals surface area contributed by atoms with Gasteiger partial charge in [-0.3, -0.25) is 4.79 Å². The number of allylic oxidation sites excluding steroid dienone is 4. The minimum atomic E-state index is -1.92. The summed E-state index contributed by atoms with van der Waals surface area (Å²) in [6.07, 6.45) is 92.3. The number of unbranched alkanes of at least 4 members (excludes halogenated alkanes) is 69. The second kappa shape index (κ2) is 97.3. The largest absolute Gasteiger partial charge is 0.459 e. The maximum atomic E-state index is 15.1. The molecular weight excluding hydrogens is 1850 g/mol. The van der Waals surface area contributed by atoms with Crippen LogP contribution < -0.4 is 0 Å². The van der Waals surface area contributed by atoms with Crippen LogP contribution in [0.5, 0.6) is 0 Å². The molecule has 2 heterocycles. The van der Waals surface area contributed by atoms with Crippen LogP contribution in [-0.2, 0) is 61.9 Å². The molecule has 149 heavy (non-hydrogen) atoms. The molecule has 874 valence electrons. The Morgan fingerprint density at radius 1 is 0.248 bits per heavy atom. The lowest BCUT2D eigenvalue weighted by atomic mass is 9.91. The van der Waals surface area contributed by atoms with Crippen LogP contribution in [0.25, 0.3) is 0 Å². The van der Waals surface area contributed by atoms with Crippen molar-refractivity contribution in [2.75, 3.05) is 13.2 Å². The zero-order chi connectivity index (χ0) is 109. The average Bonchev–Trinajstić information content (AvgIpc) is 0.768. The van der Waals surface area contributed by atoms with Gasteiger partial charge in [-0.15, -0.1) is 0 Å². The van der Waals surface area contributed by atoms with Crippen molar-refractivity contribution in [2.24, 2.45) is 47.3 Å². The minimum Gasteiger partial charge on any atom is -0.459 e. The van der Waals surface area contributed by atoms with Crippen LogP contribution in [0.4, 0.5) is 0 Å². The molecular formula is C133H246O16. The van der Waals surface area contributed by atoms with Gasteiger partial charge < -0.3 is 53.2 Å². The molecule has 4 unspecified atom stereocenters. The van der Waals surface area contributed by atoms with Crippen molar-refractivity contribution in [2.45, 2.75) is 712 Å². The Bertz CT molecular complexity index is 3250. The molecule has 0 aliphatic carbocycles. The van der Waals surface area contributed by atoms with Gasteiger partial charge in [-0.2, -0.15) is 0 Å². The van der Waals surface area contributed by atoms with E-state index in [1.165, 1.54) is 417 Å². The molecule has 0 aromatic heterocycles. The number of carbonyl (C=O) groups is 5. The summed E-state index contributed by atoms with van der Waals surface area (Å²) in [5, 5.41) is 37.6. The molecule has 0 spiro atoms. The third kappa shape index (κ3) is 76.4. The van der Waals surface area contributed by atoms with Crippen molar-refractivity contribution < 1.29 is 77.2 Å². The van der Waals surface area contributed by atoms with Crippen LogP contribution in [0.15, 0.2) is 46.6 Å². The molecule has 0 radical (unpaired) electrons. The lowest BCUT2D eigenvalue weighted by Crippen LogP contribution is -2.66. The quantitative estimate of drug-likeness (QED) is 0.0223. The van der Waals surface area contributed by atoms with E-state index >= 15 is 9.59 Å². The zero-order valence-electron chi connectivity index (χ0n) is 101. The molecule has 0 aromatic rings. The number of carbonyl (C=O) groups excluding carboxylic acids is 5. The standard InChI is InChI=1S/C133H246O16/c1-18-23-28-33-38-43-48-53-57-59-61-66-70-75-79-83-88-93-108(7)98-112(11)102-116(15)129(139)146-124-119(105-134)143-132(126(123(124)137)148-131(141)118(17)104-114(13)100-110(9)95-90-85-80-74-69-65-60-58-54-49-44-39-34-29-24-19-2)149-133-127(145-121(135)96-91-86-81-76-71-62-52-47-42-37-32-27-22-5)125(147-130(140)117(16)103-113(12)99-109(8)94-89-84-78-73-68-64-56-51-46-41-36-31-26-21-4)122(136)120(144-133)106-142-128(138)115(14)101-111(10)97-107(6)92-87-82-77-72-67-63-55-50-45-40-35-30-25-20-3/h101-104,107-114,119-120,122-127,132-134,136-137H,18-100,105-106H2,1-17H3/b115-101+,116-102+,117-103+,118-104+/t107-,108-,109-,110-,111-,112-,113-,114-,119?,120?,122+,123?,124+,125?,126-,127+,132+,133+/m0/s1. The second-order valence-corrected chi connectivity index (χ2v) is 48.5. The number of hydrogen-bond acceptors (Lipinski definition) is 16. The molecule has 0 saturated carbocycles. The summed E-state index contributed by atoms with van der Waals surface area (Å²) in [4.78, 5) is 74.1. The van der Waals surface area contributed by atoms with Crippen molar-refractivity contribution in [3.63, 3.8) is 0 Å². The van der Waals surface area contributed by atoms with E-state index in [4.69, 9.17) is 37.9 Å². The third-order valence-corrected chi connectivity index (χ3v) is 32.5. The number of rotatable bonds is 104. The summed E-state index contributed by atoms with van der Waals surface area (Å²) in [5.74, 6) is -2.17. The van der Waals surface area contributed by atoms with Gasteiger partial charge in [-0.1, -0.05) is 609 Å². The molecule has 16 nitrogen and oxygen atoms in total. The van der Waals surface area contributed by atoms with Crippen LogP contribution in [-0.4, -0.2) is 120 Å². The molecule has 0 bridgehead atoms. The van der Waals surface area contributed by atoms with Gasteiger partial charge in [0.15, 0.2) is 24.4 Å². The second-order valence-electron chi connectivity index (χ2n) is 48.5. The molecule has 2 saturated heterocycles. The highest BCUT2D eigenvalue weighted by molar-refractivity contribution is 5.89. The van der Waals surface area contributed by atoms with E-state index in [-0.39, 0.29) is 41.2 Å². The van der Waals surface area contributed by atoms with Gasteiger partial charge in [-0.25, -0.2) is 19.2 Å². The molecule has 16 heteroatoms. The topological polar surface area (TPSA) is 220 Å². The Hall–Kier alpha value is -3.93. The van der Waals surface area contributed by atoms with E-state index in [0.717, 1.165) is 103 Å². The molecule has 18 atom stereocenters. The van der Waals surface area contributed by atoms with Crippen LogP contribution in [0.1, 0.15) is 651 Å². The Kier molecular flexibility index (Phi) is 92.2. The summed E-state index contributed by atoms with van der Waals surface area (Å²) in [6, 6.07) is 0. The molecule has 0 amide bonds. The Balaban J connectivity index is 2.69. The first kappa shape index (κ1) is 141. The van der Waals surface area contributed by atoms with Crippen molar-refractivity contribution >= 4 is 29.8 Å². The van der Waals surface area contributed by atoms with E-state index in [1.54, 1.807) is 27.7 Å². The van der Waals surface area contributed by atoms with Crippen molar-refractivity contribution in [1.29, 1.82) is 0 Å². The van der Waals surface area contributed by atoms with Crippen LogP contribution in [0, 0.1) is 47.3 Å². The summed E-state index contributed by atoms with van der Waals surface area (Å²) in [6.45, 7) is 34.2. The number of aliphatic hydroxyl groups is 3. The maximum Gasteiger partial charge on any atom is 0.333 e. The van der Waals surface area contributed by atoms with Crippen LogP contribution in [0.3, 0.4) is 0 Å². The van der Waals surface area contributed by atoms with Gasteiger partial charge >= 0.3 is 29.8 Å². The van der Waals surface area contributed by atoms with Gasteiger partial charge in [0, 0.05) is 28.7 Å². The highest BCUT2D eigenvalue weighted by atomic mass is 16.8. The van der Waals surface area contributed by atoms with Gasteiger partial charge in [0.2, 0.25) is 12.6 Å². The van der Waals surface area contributed by atoms with E-state index in [0.29, 0.717) is 41.2 Å². The first-order valence-corrected chi connectivity index (χ1v) is 64.9. The van der Waals surface area contributed by atoms with E-state index in [1.807, 2.05) is 24.3 Å². The molecule has 3 N–H and O–H groups in total. The van der Waals surface area contributed by atoms with Crippen LogP contribution >= 0.6 is 0 Å². The highest BCUT2D eigenvalue weighted by Gasteiger charge is 2.56. The fraction of sp³-hybridized carbons (Fsp3) is 0.902. The lowest BCUT2D eigenvalue weighted by Gasteiger charge is -2.47. The highest BCUT2D eigenvalue weighted by Crippen LogP contribution is 2.38. The fourth-order valence-corrected chi connectivity index (χ4v) is 23.3. The SMILES string of the molecule is CCCCCCCCCCCCCCCCCCC[C@H](C)C[C@H](C)/C=C(\C)C(=O)O[C@@H]1C(CO)O[C@H](O[C@H]2OC(COC(=O)/C(C)=C/[C@@H](C)C[C@@H](C)CCCCCCCCCCCCCCCC)[C@@H](O)C(OC(=O)/C(C)=C/[C@@H](C)C[C@@H](C)CCCCCCCCCCCCCCCC)[C@H]2OC(=O)CCCCCCCCCCCCCCC)[C@@H](OC(=O)/C(C)=C/[C@@H](C)C[C@@H](C)CCCCCCCCCCCCCCCCCC)C1O. The van der Waals surface area contributed by atoms with Crippen LogP contribution in [0.2, 0.25) is 0 Å². The minimum absolute atomic E-state index is 0.00188. The van der Waals surface area contributed by atoms with Crippen molar-refractivity contribution in [3.05, 3.63) is 46.6 Å². The summed E-state index contributed by atoms with van der Waals surface area (Å²) in [7, 11) is 0. The normalized spacial score (nSPS) is 20.1. The number of ether oxygens (including phenoxy) is 8. The average molecular weight is 2100 g/mol. The fourth-order valence-electron chi connectivity index (χ4n) is 23.3. The molecule has 2 aliphatic heterocycles. The monoisotopic (exact) mass is 2100 g/mol. The summed E-state index contributed by atoms with van der Waals surface area (Å²) in [5.41, 5.74) is 1.18. The summed E-state index contributed by atoms with van der Waals surface area (Å²) >= 11 is 0. The number of hydrogen-bond donors (Lipinski definition) is 3. The van der Waals surface area contributed by atoms with Crippen molar-refractivity contribution in [1.82, 2.24) is 0 Å². The Morgan fingerprint density at radius 2 is 0.456 bits per heavy atom. The molecule has 2 rings (SSSR count). The molecule has 2 aliphatic rings. The van der Waals surface area contributed by atoms with E-state index in [2.05, 4.69) is 90.0 Å². The van der Waals surface area contributed by atoms with E-state index < -0.39 is 104 Å². The lowest BCUT2D eigenvalue weighted by molar-refractivity contribution is -0.377. The first-order chi connectivity index (χ1) is 72.2. The van der Waals surface area contributed by atoms with Crippen molar-refractivity contribution in [3.8, 4) is 0 Å². The number of esters is 5. The van der Waals surface area contributed by atoms with Gasteiger partial charge in [0.05, 0.1) is 6.61 Å². The Morgan fingerprint density at radius 3 is 0.705 bits per heavy atom. The predicted octanol–water partition coefficient (Wildman–Crippen LogP) is 38.7.